The maximum Gasteiger partial charge on any atom is 0.150 e. The summed E-state index contributed by atoms with van der Waals surface area (Å²) in [5.74, 6) is 0.587. The predicted octanol–water partition coefficient (Wildman–Crippen LogP) is 2.92. The van der Waals surface area contributed by atoms with Crippen molar-refractivity contribution < 1.29 is 13.2 Å². The summed E-state index contributed by atoms with van der Waals surface area (Å²) in [5, 5.41) is 3.56. The summed E-state index contributed by atoms with van der Waals surface area (Å²) in [6.07, 6.45) is 9.11. The molecule has 21 heavy (non-hydrogen) atoms. The number of nitrogens with one attached hydrogen (secondary N) is 1. The fourth-order valence-corrected chi connectivity index (χ4v) is 3.71. The van der Waals surface area contributed by atoms with Crippen LogP contribution in [-0.4, -0.2) is 45.2 Å². The van der Waals surface area contributed by atoms with E-state index < -0.39 is 9.84 Å². The third kappa shape index (κ3) is 8.79. The highest BCUT2D eigenvalue weighted by Gasteiger charge is 2.17. The van der Waals surface area contributed by atoms with Gasteiger partial charge in [-0.2, -0.15) is 0 Å². The second-order valence-electron chi connectivity index (χ2n) is 6.10. The smallest absolute Gasteiger partial charge is 0.150 e. The molecule has 126 valence electrons. The fraction of sp³-hybridized carbons (Fsp3) is 1.00. The molecule has 1 N–H and O–H groups in total. The van der Waals surface area contributed by atoms with Gasteiger partial charge in [-0.25, -0.2) is 8.42 Å². The van der Waals surface area contributed by atoms with Gasteiger partial charge in [0.15, 0.2) is 0 Å². The average Bonchev–Trinajstić information content (AvgIpc) is 2.50. The molecule has 5 heteroatoms. The van der Waals surface area contributed by atoms with Crippen molar-refractivity contribution in [3.05, 3.63) is 0 Å². The molecule has 0 aromatic heterocycles. The van der Waals surface area contributed by atoms with Crippen LogP contribution in [0.1, 0.15) is 65.2 Å². The number of rotatable bonds is 11. The summed E-state index contributed by atoms with van der Waals surface area (Å²) in [6, 6.07) is 0.433. The molecule has 0 radical (unpaired) electrons. The third-order valence-corrected chi connectivity index (χ3v) is 6.03. The Morgan fingerprint density at radius 1 is 1.24 bits per heavy atom. The average molecular weight is 320 g/mol. The quantitative estimate of drug-likeness (QED) is 0.636. The Hall–Kier alpha value is -0.130. The zero-order valence-electron chi connectivity index (χ0n) is 13.8. The van der Waals surface area contributed by atoms with E-state index in [-0.39, 0.29) is 5.75 Å². The third-order valence-electron chi connectivity index (χ3n) is 4.24. The minimum Gasteiger partial charge on any atom is -0.378 e. The summed E-state index contributed by atoms with van der Waals surface area (Å²) in [6.45, 7) is 5.81. The minimum atomic E-state index is -2.82. The van der Waals surface area contributed by atoms with Crippen LogP contribution in [0.15, 0.2) is 0 Å². The van der Waals surface area contributed by atoms with Crippen LogP contribution in [-0.2, 0) is 14.6 Å². The van der Waals surface area contributed by atoms with Crippen LogP contribution in [0.25, 0.3) is 0 Å². The Balaban J connectivity index is 2.28. The zero-order valence-corrected chi connectivity index (χ0v) is 14.6. The lowest BCUT2D eigenvalue weighted by Crippen LogP contribution is -2.32. The Kier molecular flexibility index (Phi) is 9.52. The van der Waals surface area contributed by atoms with Gasteiger partial charge in [0.25, 0.3) is 0 Å². The van der Waals surface area contributed by atoms with Crippen LogP contribution in [0.3, 0.4) is 0 Å². The van der Waals surface area contributed by atoms with Gasteiger partial charge in [-0.1, -0.05) is 13.8 Å². The summed E-state index contributed by atoms with van der Waals surface area (Å²) < 4.78 is 28.9. The Morgan fingerprint density at radius 3 is 2.67 bits per heavy atom. The predicted molar refractivity (Wildman–Crippen MR) is 88.5 cm³/mol. The van der Waals surface area contributed by atoms with Crippen molar-refractivity contribution in [1.29, 1.82) is 0 Å². The van der Waals surface area contributed by atoms with Crippen molar-refractivity contribution in [2.45, 2.75) is 77.4 Å². The van der Waals surface area contributed by atoms with E-state index in [0.29, 0.717) is 17.9 Å². The van der Waals surface area contributed by atoms with Crippen molar-refractivity contribution >= 4 is 9.84 Å². The van der Waals surface area contributed by atoms with Gasteiger partial charge in [0, 0.05) is 18.4 Å². The monoisotopic (exact) mass is 319 g/mol. The van der Waals surface area contributed by atoms with Crippen molar-refractivity contribution in [2.24, 2.45) is 0 Å². The normalized spacial score (nSPS) is 21.3. The van der Waals surface area contributed by atoms with Gasteiger partial charge < -0.3 is 10.1 Å². The molecule has 0 amide bonds. The first-order valence-electron chi connectivity index (χ1n) is 8.62. The largest absolute Gasteiger partial charge is 0.378 e. The van der Waals surface area contributed by atoms with E-state index in [1.807, 2.05) is 0 Å². The van der Waals surface area contributed by atoms with Gasteiger partial charge in [-0.3, -0.25) is 0 Å². The van der Waals surface area contributed by atoms with Gasteiger partial charge in [0.2, 0.25) is 0 Å². The van der Waals surface area contributed by atoms with Gasteiger partial charge in [-0.05, 0) is 57.9 Å². The van der Waals surface area contributed by atoms with E-state index in [1.165, 1.54) is 19.3 Å². The maximum atomic E-state index is 11.6. The van der Waals surface area contributed by atoms with Gasteiger partial charge in [0.1, 0.15) is 9.84 Å². The topological polar surface area (TPSA) is 55.4 Å². The Morgan fingerprint density at radius 2 is 2.05 bits per heavy atom. The van der Waals surface area contributed by atoms with Crippen molar-refractivity contribution in [3.8, 4) is 0 Å². The molecule has 0 aromatic rings. The molecule has 0 bridgehead atoms. The maximum absolute atomic E-state index is 11.6. The van der Waals surface area contributed by atoms with Crippen LogP contribution in [0.2, 0.25) is 0 Å². The lowest BCUT2D eigenvalue weighted by Gasteiger charge is -2.25. The summed E-state index contributed by atoms with van der Waals surface area (Å²) in [4.78, 5) is 0. The van der Waals surface area contributed by atoms with Gasteiger partial charge in [-0.15, -0.1) is 0 Å². The van der Waals surface area contributed by atoms with Crippen molar-refractivity contribution in [2.75, 3.05) is 24.7 Å². The second kappa shape index (κ2) is 10.6. The number of hydrogen-bond acceptors (Lipinski definition) is 4. The first kappa shape index (κ1) is 18.9. The van der Waals surface area contributed by atoms with Crippen LogP contribution in [0.4, 0.5) is 0 Å². The molecule has 1 aliphatic heterocycles. The minimum absolute atomic E-state index is 0.260. The first-order chi connectivity index (χ1) is 10.1. The Labute approximate surface area is 130 Å². The van der Waals surface area contributed by atoms with E-state index >= 15 is 0 Å². The molecule has 1 aliphatic rings. The lowest BCUT2D eigenvalue weighted by molar-refractivity contribution is 0.00844. The van der Waals surface area contributed by atoms with Crippen LogP contribution in [0, 0.1) is 0 Å². The van der Waals surface area contributed by atoms with Crippen LogP contribution in [0.5, 0.6) is 0 Å². The van der Waals surface area contributed by atoms with E-state index in [0.717, 1.165) is 45.3 Å². The summed E-state index contributed by atoms with van der Waals surface area (Å²) in [7, 11) is -2.82. The molecule has 0 aliphatic carbocycles. The molecule has 1 saturated heterocycles. The highest BCUT2D eigenvalue weighted by atomic mass is 32.2. The summed E-state index contributed by atoms with van der Waals surface area (Å²) in [5.41, 5.74) is 0. The number of ether oxygens (including phenoxy) is 1. The molecular formula is C16H33NO3S. The van der Waals surface area contributed by atoms with Crippen LogP contribution >= 0.6 is 0 Å². The molecular weight excluding hydrogens is 286 g/mol. The molecule has 1 heterocycles. The molecule has 2 atom stereocenters. The van der Waals surface area contributed by atoms with Gasteiger partial charge in [0.05, 0.1) is 11.9 Å². The van der Waals surface area contributed by atoms with Gasteiger partial charge >= 0.3 is 0 Å². The zero-order chi connectivity index (χ0) is 15.6. The highest BCUT2D eigenvalue weighted by molar-refractivity contribution is 7.91. The first-order valence-corrected chi connectivity index (χ1v) is 10.4. The van der Waals surface area contributed by atoms with Crippen LogP contribution < -0.4 is 5.32 Å². The molecule has 0 saturated carbocycles. The van der Waals surface area contributed by atoms with Crippen molar-refractivity contribution in [3.63, 3.8) is 0 Å². The molecule has 2 unspecified atom stereocenters. The lowest BCUT2D eigenvalue weighted by atomic mass is 9.99. The number of sulfone groups is 1. The van der Waals surface area contributed by atoms with Crippen molar-refractivity contribution in [1.82, 2.24) is 5.32 Å². The molecule has 4 nitrogen and oxygen atoms in total. The molecule has 0 spiro atoms. The SMILES string of the molecule is CCCNC(CCCS(=O)(=O)CC)CCC1CCCCO1. The molecule has 1 fully saturated rings. The fourth-order valence-electron chi connectivity index (χ4n) is 2.81. The standard InChI is InChI=1S/C16H33NO3S/c1-3-12-17-15(8-7-14-21(18,19)4-2)10-11-16-9-5-6-13-20-16/h15-17H,3-14H2,1-2H3. The Bertz CT molecular complexity index is 351. The molecule has 0 aromatic carbocycles. The number of hydrogen-bond donors (Lipinski definition) is 1. The highest BCUT2D eigenvalue weighted by Crippen LogP contribution is 2.19. The summed E-state index contributed by atoms with van der Waals surface area (Å²) >= 11 is 0. The second-order valence-corrected chi connectivity index (χ2v) is 8.57. The molecule has 1 rings (SSSR count). The van der Waals surface area contributed by atoms with E-state index in [9.17, 15) is 8.42 Å². The van der Waals surface area contributed by atoms with E-state index in [2.05, 4.69) is 12.2 Å². The van der Waals surface area contributed by atoms with E-state index in [4.69, 9.17) is 4.74 Å². The van der Waals surface area contributed by atoms with E-state index in [1.54, 1.807) is 6.92 Å².